The van der Waals surface area contributed by atoms with E-state index in [1.807, 2.05) is 0 Å². The lowest BCUT2D eigenvalue weighted by molar-refractivity contribution is -0.138. The Morgan fingerprint density at radius 1 is 1.32 bits per heavy atom. The van der Waals surface area contributed by atoms with Gasteiger partial charge in [-0.1, -0.05) is 0 Å². The summed E-state index contributed by atoms with van der Waals surface area (Å²) < 4.78 is 5.68. The number of hydrogen-bond donors (Lipinski definition) is 2. The molecule has 0 spiro atoms. The number of benzene rings is 1. The van der Waals surface area contributed by atoms with Crippen molar-refractivity contribution in [2.24, 2.45) is 0 Å². The molecule has 1 aromatic rings. The van der Waals surface area contributed by atoms with E-state index >= 15 is 0 Å². The van der Waals surface area contributed by atoms with Crippen molar-refractivity contribution in [3.8, 4) is 5.75 Å². The first-order valence-corrected chi connectivity index (χ1v) is 6.36. The lowest BCUT2D eigenvalue weighted by Gasteiger charge is -2.26. The highest BCUT2D eigenvalue weighted by molar-refractivity contribution is 5.96. The van der Waals surface area contributed by atoms with Crippen molar-refractivity contribution in [1.29, 1.82) is 0 Å². The second-order valence-electron chi connectivity index (χ2n) is 4.73. The van der Waals surface area contributed by atoms with Crippen LogP contribution in [0.3, 0.4) is 0 Å². The minimum atomic E-state index is -1.06. The van der Waals surface area contributed by atoms with Crippen LogP contribution in [0.5, 0.6) is 5.75 Å². The standard InChI is InChI=1S/C14H17NO4/c1-9(14(17)18)15-13(16)10-5-7-12(8-6-10)19-11-3-2-4-11/h5-9,11H,2-4H2,1H3,(H,15,16)(H,17,18)/t9-/m1/s1. The van der Waals surface area contributed by atoms with Gasteiger partial charge in [0, 0.05) is 5.56 Å². The maximum absolute atomic E-state index is 11.7. The molecule has 2 N–H and O–H groups in total. The van der Waals surface area contributed by atoms with Crippen LogP contribution in [0, 0.1) is 0 Å². The summed E-state index contributed by atoms with van der Waals surface area (Å²) in [5.41, 5.74) is 0.425. The van der Waals surface area contributed by atoms with Gasteiger partial charge < -0.3 is 15.2 Å². The molecule has 1 aliphatic carbocycles. The first-order chi connectivity index (χ1) is 9.06. The Bertz CT molecular complexity index is 465. The van der Waals surface area contributed by atoms with Gasteiger partial charge in [0.2, 0.25) is 0 Å². The van der Waals surface area contributed by atoms with Crippen molar-refractivity contribution < 1.29 is 19.4 Å². The van der Waals surface area contributed by atoms with Crippen LogP contribution in [-0.4, -0.2) is 29.1 Å². The summed E-state index contributed by atoms with van der Waals surface area (Å²) in [6.07, 6.45) is 3.67. The van der Waals surface area contributed by atoms with E-state index in [0.29, 0.717) is 11.7 Å². The van der Waals surface area contributed by atoms with Crippen LogP contribution in [-0.2, 0) is 4.79 Å². The zero-order chi connectivity index (χ0) is 13.8. The van der Waals surface area contributed by atoms with Crippen molar-refractivity contribution in [3.05, 3.63) is 29.8 Å². The number of rotatable bonds is 5. The SMILES string of the molecule is C[C@@H](NC(=O)c1ccc(OC2CCC2)cc1)C(=O)O. The first kappa shape index (κ1) is 13.4. The third kappa shape index (κ3) is 3.47. The number of carboxylic acids is 1. The maximum Gasteiger partial charge on any atom is 0.325 e. The lowest BCUT2D eigenvalue weighted by atomic mass is 9.96. The summed E-state index contributed by atoms with van der Waals surface area (Å²) in [7, 11) is 0. The smallest absolute Gasteiger partial charge is 0.325 e. The predicted molar refractivity (Wildman–Crippen MR) is 69.3 cm³/mol. The van der Waals surface area contributed by atoms with E-state index in [-0.39, 0.29) is 0 Å². The molecule has 0 aromatic heterocycles. The van der Waals surface area contributed by atoms with Gasteiger partial charge in [0.25, 0.3) is 5.91 Å². The summed E-state index contributed by atoms with van der Waals surface area (Å²) in [6, 6.07) is 5.84. The predicted octanol–water partition coefficient (Wildman–Crippen LogP) is 1.82. The Morgan fingerprint density at radius 2 is 1.95 bits per heavy atom. The molecule has 1 aliphatic rings. The minimum absolute atomic E-state index is 0.298. The molecule has 1 aromatic carbocycles. The van der Waals surface area contributed by atoms with Gasteiger partial charge in [0.05, 0.1) is 6.10 Å². The Balaban J connectivity index is 1.93. The first-order valence-electron chi connectivity index (χ1n) is 6.36. The van der Waals surface area contributed by atoms with Gasteiger partial charge >= 0.3 is 5.97 Å². The molecule has 0 saturated heterocycles. The maximum atomic E-state index is 11.7. The number of carboxylic acid groups (broad SMARTS) is 1. The van der Waals surface area contributed by atoms with E-state index in [2.05, 4.69) is 5.32 Å². The Morgan fingerprint density at radius 3 is 2.42 bits per heavy atom. The van der Waals surface area contributed by atoms with Gasteiger partial charge in [-0.05, 0) is 50.5 Å². The fourth-order valence-corrected chi connectivity index (χ4v) is 1.71. The molecule has 1 amide bonds. The van der Waals surface area contributed by atoms with Gasteiger partial charge in [-0.3, -0.25) is 9.59 Å². The topological polar surface area (TPSA) is 75.6 Å². The minimum Gasteiger partial charge on any atom is -0.490 e. The van der Waals surface area contributed by atoms with Crippen molar-refractivity contribution in [2.45, 2.75) is 38.3 Å². The molecule has 0 radical (unpaired) electrons. The fourth-order valence-electron chi connectivity index (χ4n) is 1.71. The zero-order valence-corrected chi connectivity index (χ0v) is 10.8. The van der Waals surface area contributed by atoms with E-state index < -0.39 is 17.9 Å². The van der Waals surface area contributed by atoms with E-state index in [1.165, 1.54) is 13.3 Å². The summed E-state index contributed by atoms with van der Waals surface area (Å²) in [4.78, 5) is 22.4. The lowest BCUT2D eigenvalue weighted by Crippen LogP contribution is -2.38. The number of nitrogens with one attached hydrogen (secondary N) is 1. The van der Waals surface area contributed by atoms with Crippen LogP contribution in [0.1, 0.15) is 36.5 Å². The highest BCUT2D eigenvalue weighted by Crippen LogP contribution is 2.25. The number of hydrogen-bond acceptors (Lipinski definition) is 3. The van der Waals surface area contributed by atoms with Gasteiger partial charge in [-0.15, -0.1) is 0 Å². The molecule has 0 heterocycles. The third-order valence-electron chi connectivity index (χ3n) is 3.19. The second kappa shape index (κ2) is 5.73. The molecule has 1 atom stereocenters. The van der Waals surface area contributed by atoms with Crippen molar-refractivity contribution >= 4 is 11.9 Å². The van der Waals surface area contributed by atoms with Crippen LogP contribution in [0.25, 0.3) is 0 Å². The van der Waals surface area contributed by atoms with Crippen molar-refractivity contribution in [1.82, 2.24) is 5.32 Å². The number of ether oxygens (including phenoxy) is 1. The van der Waals surface area contributed by atoms with Gasteiger partial charge in [0.15, 0.2) is 0 Å². The summed E-state index contributed by atoms with van der Waals surface area (Å²) in [5.74, 6) is -0.712. The normalized spacial score (nSPS) is 16.3. The van der Waals surface area contributed by atoms with E-state index in [4.69, 9.17) is 9.84 Å². The highest BCUT2D eigenvalue weighted by Gasteiger charge is 2.19. The number of carbonyl (C=O) groups excluding carboxylic acids is 1. The fraction of sp³-hybridized carbons (Fsp3) is 0.429. The van der Waals surface area contributed by atoms with Crippen molar-refractivity contribution in [2.75, 3.05) is 0 Å². The molecule has 1 fully saturated rings. The van der Waals surface area contributed by atoms with Crippen LogP contribution >= 0.6 is 0 Å². The highest BCUT2D eigenvalue weighted by atomic mass is 16.5. The third-order valence-corrected chi connectivity index (χ3v) is 3.19. The van der Waals surface area contributed by atoms with Crippen LogP contribution in [0.4, 0.5) is 0 Å². The summed E-state index contributed by atoms with van der Waals surface area (Å²) in [6.45, 7) is 1.42. The molecule has 19 heavy (non-hydrogen) atoms. The molecule has 5 heteroatoms. The monoisotopic (exact) mass is 263 g/mol. The van der Waals surface area contributed by atoms with Gasteiger partial charge in [-0.25, -0.2) is 0 Å². The number of amides is 1. The number of aliphatic carboxylic acids is 1. The quantitative estimate of drug-likeness (QED) is 0.849. The average Bonchev–Trinajstić information content (AvgIpc) is 2.34. The van der Waals surface area contributed by atoms with Crippen LogP contribution in [0.2, 0.25) is 0 Å². The average molecular weight is 263 g/mol. The Kier molecular flexibility index (Phi) is 4.04. The molecule has 102 valence electrons. The largest absolute Gasteiger partial charge is 0.490 e. The molecular formula is C14H17NO4. The number of carbonyl (C=O) groups is 2. The van der Waals surface area contributed by atoms with Crippen LogP contribution < -0.4 is 10.1 Å². The molecule has 0 bridgehead atoms. The van der Waals surface area contributed by atoms with E-state index in [1.54, 1.807) is 24.3 Å². The second-order valence-corrected chi connectivity index (χ2v) is 4.73. The molecule has 5 nitrogen and oxygen atoms in total. The van der Waals surface area contributed by atoms with Gasteiger partial charge in [0.1, 0.15) is 11.8 Å². The van der Waals surface area contributed by atoms with Gasteiger partial charge in [-0.2, -0.15) is 0 Å². The summed E-state index contributed by atoms with van der Waals surface area (Å²) in [5, 5.41) is 11.1. The van der Waals surface area contributed by atoms with Crippen LogP contribution in [0.15, 0.2) is 24.3 Å². The van der Waals surface area contributed by atoms with E-state index in [9.17, 15) is 9.59 Å². The molecule has 2 rings (SSSR count). The molecule has 0 unspecified atom stereocenters. The van der Waals surface area contributed by atoms with E-state index in [0.717, 1.165) is 18.6 Å². The molecular weight excluding hydrogens is 246 g/mol. The Hall–Kier alpha value is -2.04. The Labute approximate surface area is 111 Å². The summed E-state index contributed by atoms with van der Waals surface area (Å²) >= 11 is 0. The zero-order valence-electron chi connectivity index (χ0n) is 10.8. The molecule has 0 aliphatic heterocycles. The molecule has 1 saturated carbocycles. The van der Waals surface area contributed by atoms with Crippen molar-refractivity contribution in [3.63, 3.8) is 0 Å².